The summed E-state index contributed by atoms with van der Waals surface area (Å²) in [5.74, 6) is 0.955. The first kappa shape index (κ1) is 20.6. The number of nitrogens with zero attached hydrogens (tertiary/aromatic N) is 1. The van der Waals surface area contributed by atoms with E-state index in [1.54, 1.807) is 0 Å². The molecule has 0 spiro atoms. The maximum Gasteiger partial charge on any atom is 0.123 e. The van der Waals surface area contributed by atoms with E-state index in [1.165, 1.54) is 55.3 Å². The molecule has 1 aliphatic heterocycles. The predicted molar refractivity (Wildman–Crippen MR) is 143 cm³/mol. The molecule has 0 fully saturated rings. The molecule has 0 amide bonds. The molecule has 2 heteroatoms. The zero-order chi connectivity index (χ0) is 23.1. The van der Waals surface area contributed by atoms with Crippen LogP contribution in [0.3, 0.4) is 0 Å². The molecule has 4 aromatic carbocycles. The summed E-state index contributed by atoms with van der Waals surface area (Å²) in [7, 11) is 0. The van der Waals surface area contributed by atoms with E-state index in [-0.39, 0.29) is 0 Å². The fraction of sp³-hybridized carbons (Fsp3) is 0.125. The quantitative estimate of drug-likeness (QED) is 0.270. The standard InChI is InChI=1S/C32H27NO/c1-22-7-5-8-24(19-22)25-14-17-32-26(21-25)13-15-27(9-6-18-34-32)33-30-11-4-3-10-28(30)29-20-23(2)12-16-31(29)33/h3-12,14-17,19-21H,13,18H2,1-2H3/b9-6-,27-15+. The molecule has 1 aromatic heterocycles. The Bertz CT molecular complexity index is 1600. The minimum atomic E-state index is 0.546. The first-order chi connectivity index (χ1) is 16.7. The summed E-state index contributed by atoms with van der Waals surface area (Å²) in [6.07, 6.45) is 7.44. The van der Waals surface area contributed by atoms with E-state index in [0.29, 0.717) is 6.61 Å². The molecule has 0 radical (unpaired) electrons. The molecule has 6 rings (SSSR count). The number of hydrogen-bond acceptors (Lipinski definition) is 1. The second-order valence-electron chi connectivity index (χ2n) is 9.11. The van der Waals surface area contributed by atoms with Gasteiger partial charge in [-0.15, -0.1) is 0 Å². The molecule has 0 saturated heterocycles. The zero-order valence-corrected chi connectivity index (χ0v) is 19.6. The van der Waals surface area contributed by atoms with Crippen molar-refractivity contribution < 1.29 is 4.74 Å². The third-order valence-electron chi connectivity index (χ3n) is 6.65. The Morgan fingerprint density at radius 2 is 1.53 bits per heavy atom. The zero-order valence-electron chi connectivity index (χ0n) is 19.6. The molecule has 0 saturated carbocycles. The number of para-hydroxylation sites is 1. The Labute approximate surface area is 200 Å². The normalized spacial score (nSPS) is 16.1. The van der Waals surface area contributed by atoms with Crippen molar-refractivity contribution in [3.05, 3.63) is 120 Å². The molecule has 0 bridgehead atoms. The molecular weight excluding hydrogens is 414 g/mol. The van der Waals surface area contributed by atoms with Crippen LogP contribution in [-0.2, 0) is 6.42 Å². The average molecular weight is 442 g/mol. The first-order valence-corrected chi connectivity index (χ1v) is 11.9. The van der Waals surface area contributed by atoms with Crippen LogP contribution >= 0.6 is 0 Å². The number of aromatic nitrogens is 1. The third kappa shape index (κ3) is 3.62. The van der Waals surface area contributed by atoms with Gasteiger partial charge in [0.15, 0.2) is 0 Å². The van der Waals surface area contributed by atoms with Crippen LogP contribution < -0.4 is 4.74 Å². The summed E-state index contributed by atoms with van der Waals surface area (Å²) >= 11 is 0. The average Bonchev–Trinajstić information content (AvgIpc) is 3.21. The van der Waals surface area contributed by atoms with Crippen molar-refractivity contribution >= 4 is 27.5 Å². The lowest BCUT2D eigenvalue weighted by Gasteiger charge is -2.12. The Balaban J connectivity index is 1.49. The lowest BCUT2D eigenvalue weighted by molar-refractivity contribution is 0.360. The van der Waals surface area contributed by atoms with E-state index < -0.39 is 0 Å². The van der Waals surface area contributed by atoms with Gasteiger partial charge in [0.25, 0.3) is 0 Å². The van der Waals surface area contributed by atoms with Crippen LogP contribution in [0.2, 0.25) is 0 Å². The van der Waals surface area contributed by atoms with Crippen molar-refractivity contribution in [3.63, 3.8) is 0 Å². The molecule has 1 aliphatic rings. The lowest BCUT2D eigenvalue weighted by Crippen LogP contribution is -1.97. The van der Waals surface area contributed by atoms with Gasteiger partial charge in [0, 0.05) is 16.5 Å². The minimum absolute atomic E-state index is 0.546. The van der Waals surface area contributed by atoms with E-state index in [9.17, 15) is 0 Å². The number of allylic oxidation sites excluding steroid dienone is 3. The van der Waals surface area contributed by atoms with E-state index in [4.69, 9.17) is 4.74 Å². The Kier molecular flexibility index (Phi) is 5.07. The Morgan fingerprint density at radius 1 is 0.706 bits per heavy atom. The number of rotatable bonds is 2. The minimum Gasteiger partial charge on any atom is -0.489 e. The van der Waals surface area contributed by atoms with Crippen molar-refractivity contribution in [1.29, 1.82) is 0 Å². The van der Waals surface area contributed by atoms with Crippen LogP contribution in [0, 0.1) is 13.8 Å². The predicted octanol–water partition coefficient (Wildman–Crippen LogP) is 8.11. The Morgan fingerprint density at radius 3 is 2.44 bits per heavy atom. The van der Waals surface area contributed by atoms with Gasteiger partial charge in [-0.25, -0.2) is 0 Å². The van der Waals surface area contributed by atoms with Crippen molar-refractivity contribution in [3.8, 4) is 16.9 Å². The fourth-order valence-corrected chi connectivity index (χ4v) is 5.00. The summed E-state index contributed by atoms with van der Waals surface area (Å²) in [5.41, 5.74) is 9.85. The SMILES string of the molecule is Cc1cccc(-c2ccc3c(c2)C/C=C(n2c4ccccc4c4cc(C)ccc42)\C=C/CO3)c1. The molecule has 34 heavy (non-hydrogen) atoms. The van der Waals surface area contributed by atoms with Gasteiger partial charge >= 0.3 is 0 Å². The highest BCUT2D eigenvalue weighted by molar-refractivity contribution is 6.10. The third-order valence-corrected chi connectivity index (χ3v) is 6.65. The highest BCUT2D eigenvalue weighted by Crippen LogP contribution is 2.34. The number of aryl methyl sites for hydroxylation is 2. The second kappa shape index (κ2) is 8.39. The lowest BCUT2D eigenvalue weighted by atomic mass is 9.99. The summed E-state index contributed by atoms with van der Waals surface area (Å²) in [4.78, 5) is 0. The highest BCUT2D eigenvalue weighted by Gasteiger charge is 2.14. The maximum absolute atomic E-state index is 6.15. The van der Waals surface area contributed by atoms with Gasteiger partial charge in [0.1, 0.15) is 12.4 Å². The number of fused-ring (bicyclic) bond motifs is 4. The number of ether oxygens (including phenoxy) is 1. The summed E-state index contributed by atoms with van der Waals surface area (Å²) in [6, 6.07) is 30.6. The van der Waals surface area contributed by atoms with E-state index >= 15 is 0 Å². The van der Waals surface area contributed by atoms with Gasteiger partial charge in [-0.05, 0) is 79.4 Å². The van der Waals surface area contributed by atoms with Crippen molar-refractivity contribution in [2.24, 2.45) is 0 Å². The monoisotopic (exact) mass is 441 g/mol. The van der Waals surface area contributed by atoms with Gasteiger partial charge in [-0.3, -0.25) is 0 Å². The molecular formula is C32H27NO. The van der Waals surface area contributed by atoms with Crippen molar-refractivity contribution in [1.82, 2.24) is 4.57 Å². The summed E-state index contributed by atoms with van der Waals surface area (Å²) in [5, 5.41) is 2.58. The first-order valence-electron chi connectivity index (χ1n) is 11.9. The van der Waals surface area contributed by atoms with Crippen LogP contribution in [0.15, 0.2) is 103 Å². The van der Waals surface area contributed by atoms with Crippen LogP contribution in [0.1, 0.15) is 16.7 Å². The fourth-order valence-electron chi connectivity index (χ4n) is 5.00. The van der Waals surface area contributed by atoms with Crippen LogP contribution in [-0.4, -0.2) is 11.2 Å². The van der Waals surface area contributed by atoms with Gasteiger partial charge in [0.2, 0.25) is 0 Å². The molecule has 0 N–H and O–H groups in total. The summed E-state index contributed by atoms with van der Waals surface area (Å²) in [6.45, 7) is 4.84. The molecule has 166 valence electrons. The van der Waals surface area contributed by atoms with Crippen LogP contribution in [0.4, 0.5) is 0 Å². The van der Waals surface area contributed by atoms with Gasteiger partial charge in [0.05, 0.1) is 11.0 Å². The van der Waals surface area contributed by atoms with E-state index in [1.807, 2.05) is 0 Å². The number of hydrogen-bond donors (Lipinski definition) is 0. The van der Waals surface area contributed by atoms with Crippen LogP contribution in [0.25, 0.3) is 38.6 Å². The van der Waals surface area contributed by atoms with Gasteiger partial charge < -0.3 is 9.30 Å². The molecule has 0 unspecified atom stereocenters. The Hall–Kier alpha value is -4.04. The maximum atomic E-state index is 6.15. The van der Waals surface area contributed by atoms with Gasteiger partial charge in [-0.2, -0.15) is 0 Å². The largest absolute Gasteiger partial charge is 0.489 e. The molecule has 5 aromatic rings. The second-order valence-corrected chi connectivity index (χ2v) is 9.11. The topological polar surface area (TPSA) is 14.2 Å². The van der Waals surface area contributed by atoms with Crippen LogP contribution in [0.5, 0.6) is 5.75 Å². The van der Waals surface area contributed by atoms with Gasteiger partial charge in [-0.1, -0.05) is 71.8 Å². The smallest absolute Gasteiger partial charge is 0.123 e. The molecule has 0 aliphatic carbocycles. The molecule has 2 nitrogen and oxygen atoms in total. The van der Waals surface area contributed by atoms with E-state index in [2.05, 4.69) is 122 Å². The molecule has 0 atom stereocenters. The van der Waals surface area contributed by atoms with E-state index in [0.717, 1.165) is 12.2 Å². The van der Waals surface area contributed by atoms with Crippen molar-refractivity contribution in [2.45, 2.75) is 20.3 Å². The summed E-state index contributed by atoms with van der Waals surface area (Å²) < 4.78 is 8.53. The highest BCUT2D eigenvalue weighted by atomic mass is 16.5. The number of benzene rings is 4. The molecule has 2 heterocycles. The van der Waals surface area contributed by atoms with Crippen molar-refractivity contribution in [2.75, 3.05) is 6.61 Å².